The van der Waals surface area contributed by atoms with Crippen LogP contribution < -0.4 is 20.7 Å². The van der Waals surface area contributed by atoms with Crippen LogP contribution in [0, 0.1) is 0 Å². The van der Waals surface area contributed by atoms with Gasteiger partial charge in [0.15, 0.2) is 0 Å². The molecule has 1 aliphatic carbocycles. The number of benzene rings is 1. The molecule has 0 radical (unpaired) electrons. The van der Waals surface area contributed by atoms with Crippen molar-refractivity contribution in [2.75, 3.05) is 42.4 Å². The lowest BCUT2D eigenvalue weighted by molar-refractivity contribution is 0.187. The lowest BCUT2D eigenvalue weighted by Crippen LogP contribution is -2.34. The van der Waals surface area contributed by atoms with E-state index in [1.165, 1.54) is 44.5 Å². The second-order valence-electron chi connectivity index (χ2n) is 9.14. The molecule has 1 N–H and O–H groups in total. The second kappa shape index (κ2) is 9.84. The van der Waals surface area contributed by atoms with E-state index in [1.807, 2.05) is 4.57 Å². The van der Waals surface area contributed by atoms with Crippen LogP contribution in [0.15, 0.2) is 23.0 Å². The number of fused-ring (bicyclic) bond motifs is 2. The van der Waals surface area contributed by atoms with Gasteiger partial charge in [0.05, 0.1) is 29.7 Å². The first-order chi connectivity index (χ1) is 15.5. The molecule has 0 unspecified atom stereocenters. The van der Waals surface area contributed by atoms with Crippen molar-refractivity contribution in [1.29, 1.82) is 0 Å². The SMILES string of the molecule is CCCCCn1c(=O)cc(NC(=O)OC)c2cc3c(cc21)N(C1CCCC1)CCCN3C. The molecule has 1 amide bonds. The Morgan fingerprint density at radius 1 is 1.09 bits per heavy atom. The predicted octanol–water partition coefficient (Wildman–Crippen LogP) is 4.96. The Kier molecular flexibility index (Phi) is 6.92. The molecule has 32 heavy (non-hydrogen) atoms. The third-order valence-electron chi connectivity index (χ3n) is 6.99. The zero-order valence-electron chi connectivity index (χ0n) is 19.7. The van der Waals surface area contributed by atoms with E-state index in [0.29, 0.717) is 18.3 Å². The largest absolute Gasteiger partial charge is 0.453 e. The first-order valence-electron chi connectivity index (χ1n) is 12.1. The minimum atomic E-state index is -0.565. The Balaban J connectivity index is 1.91. The lowest BCUT2D eigenvalue weighted by atomic mass is 10.1. The zero-order chi connectivity index (χ0) is 22.7. The highest BCUT2D eigenvalue weighted by Gasteiger charge is 2.28. The fourth-order valence-electron chi connectivity index (χ4n) is 5.27. The van der Waals surface area contributed by atoms with Gasteiger partial charge in [-0.2, -0.15) is 0 Å². The Labute approximate surface area is 190 Å². The molecule has 1 fully saturated rings. The van der Waals surface area contributed by atoms with Gasteiger partial charge in [0, 0.05) is 44.2 Å². The van der Waals surface area contributed by atoms with Crippen LogP contribution in [0.1, 0.15) is 58.3 Å². The van der Waals surface area contributed by atoms with Gasteiger partial charge < -0.3 is 19.1 Å². The minimum Gasteiger partial charge on any atom is -0.453 e. The van der Waals surface area contributed by atoms with Crippen molar-refractivity contribution in [3.05, 3.63) is 28.6 Å². The number of anilines is 3. The number of aromatic nitrogens is 1. The molecule has 1 aliphatic heterocycles. The highest BCUT2D eigenvalue weighted by atomic mass is 16.5. The normalized spacial score (nSPS) is 16.8. The molecule has 0 saturated heterocycles. The van der Waals surface area contributed by atoms with Crippen molar-refractivity contribution in [1.82, 2.24) is 4.57 Å². The number of carbonyl (C=O) groups excluding carboxylic acids is 1. The molecule has 1 aromatic heterocycles. The van der Waals surface area contributed by atoms with E-state index in [4.69, 9.17) is 4.74 Å². The van der Waals surface area contributed by atoms with Crippen LogP contribution in [0.5, 0.6) is 0 Å². The number of rotatable bonds is 6. The molecule has 1 saturated carbocycles. The van der Waals surface area contributed by atoms with Crippen LogP contribution >= 0.6 is 0 Å². The number of unbranched alkanes of at least 4 members (excludes halogenated alkanes) is 2. The molecule has 1 aromatic carbocycles. The van der Waals surface area contributed by atoms with Gasteiger partial charge in [-0.3, -0.25) is 10.1 Å². The van der Waals surface area contributed by atoms with Crippen molar-refractivity contribution in [2.24, 2.45) is 0 Å². The number of ether oxygens (including phenoxy) is 1. The summed E-state index contributed by atoms with van der Waals surface area (Å²) < 4.78 is 6.69. The van der Waals surface area contributed by atoms with Crippen molar-refractivity contribution in [3.63, 3.8) is 0 Å². The minimum absolute atomic E-state index is 0.0886. The fourth-order valence-corrected chi connectivity index (χ4v) is 5.27. The Bertz CT molecular complexity index is 1030. The number of carbonyl (C=O) groups is 1. The maximum absolute atomic E-state index is 13.1. The summed E-state index contributed by atoms with van der Waals surface area (Å²) in [6.07, 6.45) is 8.72. The molecule has 0 bridgehead atoms. The van der Waals surface area contributed by atoms with E-state index in [2.05, 4.69) is 41.2 Å². The molecule has 2 aromatic rings. The number of hydrogen-bond acceptors (Lipinski definition) is 5. The smallest absolute Gasteiger partial charge is 0.411 e. The lowest BCUT2D eigenvalue weighted by Gasteiger charge is -2.32. The third kappa shape index (κ3) is 4.43. The van der Waals surface area contributed by atoms with Crippen molar-refractivity contribution < 1.29 is 9.53 Å². The number of nitrogens with one attached hydrogen (secondary N) is 1. The Hall–Kier alpha value is -2.70. The molecular formula is C25H36N4O3. The first kappa shape index (κ1) is 22.5. The number of aryl methyl sites for hydroxylation is 1. The van der Waals surface area contributed by atoms with Gasteiger partial charge in [-0.1, -0.05) is 32.6 Å². The van der Waals surface area contributed by atoms with E-state index >= 15 is 0 Å². The maximum atomic E-state index is 13.1. The summed E-state index contributed by atoms with van der Waals surface area (Å²) in [6.45, 7) is 4.87. The molecule has 2 aliphatic rings. The standard InChI is InChI=1S/C25H36N4O3/c1-4-5-8-13-29-21-17-23-22(15-19(21)20(16-24(29)30)26-25(31)32-3)27(2)12-9-14-28(23)18-10-6-7-11-18/h15-18H,4-14H2,1-3H3,(H,26,31). The molecule has 0 spiro atoms. The van der Waals surface area contributed by atoms with Gasteiger partial charge in [-0.25, -0.2) is 4.79 Å². The second-order valence-corrected chi connectivity index (χ2v) is 9.14. The van der Waals surface area contributed by atoms with E-state index in [0.717, 1.165) is 55.4 Å². The quantitative estimate of drug-likeness (QED) is 0.643. The Morgan fingerprint density at radius 2 is 1.88 bits per heavy atom. The van der Waals surface area contributed by atoms with E-state index in [1.54, 1.807) is 0 Å². The van der Waals surface area contributed by atoms with E-state index in [-0.39, 0.29) is 5.56 Å². The third-order valence-corrected chi connectivity index (χ3v) is 6.99. The summed E-state index contributed by atoms with van der Waals surface area (Å²) in [7, 11) is 3.47. The number of amides is 1. The van der Waals surface area contributed by atoms with Crippen molar-refractivity contribution >= 4 is 34.1 Å². The highest BCUT2D eigenvalue weighted by Crippen LogP contribution is 2.40. The molecule has 174 valence electrons. The van der Waals surface area contributed by atoms with Crippen LogP contribution in [-0.4, -0.2) is 43.9 Å². The number of nitrogens with zero attached hydrogens (tertiary/aromatic N) is 3. The highest BCUT2D eigenvalue weighted by molar-refractivity contribution is 6.02. The van der Waals surface area contributed by atoms with E-state index < -0.39 is 6.09 Å². The number of methoxy groups -OCH3 is 1. The summed E-state index contributed by atoms with van der Waals surface area (Å²) in [5.41, 5.74) is 3.68. The van der Waals surface area contributed by atoms with Crippen LogP contribution in [0.2, 0.25) is 0 Å². The summed E-state index contributed by atoms with van der Waals surface area (Å²) in [5, 5.41) is 3.65. The van der Waals surface area contributed by atoms with Crippen molar-refractivity contribution in [3.8, 4) is 0 Å². The molecule has 7 nitrogen and oxygen atoms in total. The van der Waals surface area contributed by atoms with Crippen LogP contribution in [0.3, 0.4) is 0 Å². The summed E-state index contributed by atoms with van der Waals surface area (Å²) in [5.74, 6) is 0. The monoisotopic (exact) mass is 440 g/mol. The van der Waals surface area contributed by atoms with Gasteiger partial charge >= 0.3 is 6.09 Å². The van der Waals surface area contributed by atoms with E-state index in [9.17, 15) is 9.59 Å². The summed E-state index contributed by atoms with van der Waals surface area (Å²) in [4.78, 5) is 30.0. The Morgan fingerprint density at radius 3 is 2.59 bits per heavy atom. The topological polar surface area (TPSA) is 66.8 Å². The average Bonchev–Trinajstić information content (AvgIpc) is 3.27. The van der Waals surface area contributed by atoms with Crippen LogP contribution in [0.4, 0.5) is 21.9 Å². The average molecular weight is 441 g/mol. The number of pyridine rings is 1. The predicted molar refractivity (Wildman–Crippen MR) is 131 cm³/mol. The van der Waals surface area contributed by atoms with Crippen LogP contribution in [-0.2, 0) is 11.3 Å². The van der Waals surface area contributed by atoms with Crippen molar-refractivity contribution in [2.45, 2.75) is 70.9 Å². The molecule has 7 heteroatoms. The van der Waals surface area contributed by atoms with Gasteiger partial charge in [-0.05, 0) is 37.8 Å². The van der Waals surface area contributed by atoms with Gasteiger partial charge in [0.1, 0.15) is 0 Å². The van der Waals surface area contributed by atoms with Gasteiger partial charge in [0.25, 0.3) is 5.56 Å². The molecule has 4 rings (SSSR count). The zero-order valence-corrected chi connectivity index (χ0v) is 19.7. The fraction of sp³-hybridized carbons (Fsp3) is 0.600. The van der Waals surface area contributed by atoms with Crippen LogP contribution in [0.25, 0.3) is 10.9 Å². The van der Waals surface area contributed by atoms with Gasteiger partial charge in [0.2, 0.25) is 0 Å². The first-order valence-corrected chi connectivity index (χ1v) is 12.1. The number of hydrogen-bond donors (Lipinski definition) is 1. The molecule has 2 heterocycles. The molecule has 0 atom stereocenters. The maximum Gasteiger partial charge on any atom is 0.411 e. The summed E-state index contributed by atoms with van der Waals surface area (Å²) in [6, 6.07) is 6.44. The van der Waals surface area contributed by atoms with Gasteiger partial charge in [-0.15, -0.1) is 0 Å². The summed E-state index contributed by atoms with van der Waals surface area (Å²) >= 11 is 0. The molecular weight excluding hydrogens is 404 g/mol.